The van der Waals surface area contributed by atoms with Gasteiger partial charge in [0.2, 0.25) is 0 Å². The van der Waals surface area contributed by atoms with E-state index < -0.39 is 0 Å². The lowest BCUT2D eigenvalue weighted by Gasteiger charge is -1.99. The van der Waals surface area contributed by atoms with Crippen molar-refractivity contribution < 1.29 is 0 Å². The molecule has 0 aliphatic carbocycles. The third-order valence-electron chi connectivity index (χ3n) is 2.11. The van der Waals surface area contributed by atoms with E-state index >= 15 is 0 Å². The van der Waals surface area contributed by atoms with Crippen LogP contribution < -0.4 is 5.73 Å². The smallest absolute Gasteiger partial charge is 0.116 e. The molecule has 0 amide bonds. The van der Waals surface area contributed by atoms with Crippen molar-refractivity contribution in [2.75, 3.05) is 0 Å². The van der Waals surface area contributed by atoms with Crippen molar-refractivity contribution in [1.82, 2.24) is 20.2 Å². The molecule has 2 aromatic heterocycles. The lowest BCUT2D eigenvalue weighted by Crippen LogP contribution is -2.02. The van der Waals surface area contributed by atoms with Gasteiger partial charge < -0.3 is 5.73 Å². The molecule has 0 radical (unpaired) electrons. The average molecular weight is 203 g/mol. The highest BCUT2D eigenvalue weighted by Gasteiger charge is 2.02. The molecule has 0 bridgehead atoms. The largest absolute Gasteiger partial charge is 0.325 e. The maximum atomic E-state index is 5.50. The molecule has 3 N–H and O–H groups in total. The van der Waals surface area contributed by atoms with Gasteiger partial charge in [0.15, 0.2) is 0 Å². The summed E-state index contributed by atoms with van der Waals surface area (Å²) in [5, 5.41) is 7.05. The molecule has 0 atom stereocenters. The van der Waals surface area contributed by atoms with Gasteiger partial charge in [0.05, 0.1) is 17.1 Å². The zero-order chi connectivity index (χ0) is 10.7. The van der Waals surface area contributed by atoms with Crippen LogP contribution in [0.25, 0.3) is 0 Å². The quantitative estimate of drug-likeness (QED) is 0.763. The maximum Gasteiger partial charge on any atom is 0.116 e. The number of nitrogens with two attached hydrogens (primary N) is 1. The van der Waals surface area contributed by atoms with Crippen molar-refractivity contribution in [3.8, 4) is 0 Å². The van der Waals surface area contributed by atoms with Crippen LogP contribution >= 0.6 is 0 Å². The van der Waals surface area contributed by atoms with Crippen LogP contribution in [0.4, 0.5) is 0 Å². The first kappa shape index (κ1) is 9.79. The van der Waals surface area contributed by atoms with Crippen molar-refractivity contribution >= 4 is 0 Å². The van der Waals surface area contributed by atoms with Crippen LogP contribution in [-0.2, 0) is 13.0 Å². The van der Waals surface area contributed by atoms with E-state index in [0.717, 1.165) is 22.8 Å². The Morgan fingerprint density at radius 1 is 1.20 bits per heavy atom. The molecule has 0 spiro atoms. The number of aryl methyl sites for hydroxylation is 1. The van der Waals surface area contributed by atoms with E-state index in [1.54, 1.807) is 0 Å². The molecule has 5 nitrogen and oxygen atoms in total. The molecule has 78 valence electrons. The minimum Gasteiger partial charge on any atom is -0.325 e. The number of nitrogens with one attached hydrogen (secondary N) is 1. The highest BCUT2D eigenvalue weighted by molar-refractivity contribution is 5.17. The lowest BCUT2D eigenvalue weighted by molar-refractivity contribution is 0.907. The molecule has 2 aromatic rings. The number of nitrogens with zero attached hydrogens (tertiary/aromatic N) is 3. The highest BCUT2D eigenvalue weighted by atomic mass is 15.1. The molecular formula is C10H13N5. The van der Waals surface area contributed by atoms with Crippen molar-refractivity contribution in [3.63, 3.8) is 0 Å². The summed E-state index contributed by atoms with van der Waals surface area (Å²) < 4.78 is 0. The van der Waals surface area contributed by atoms with Crippen LogP contribution in [0.1, 0.15) is 22.8 Å². The van der Waals surface area contributed by atoms with Crippen LogP contribution in [0.3, 0.4) is 0 Å². The van der Waals surface area contributed by atoms with Gasteiger partial charge in [0, 0.05) is 18.7 Å². The van der Waals surface area contributed by atoms with Crippen LogP contribution in [0.5, 0.6) is 0 Å². The van der Waals surface area contributed by atoms with Gasteiger partial charge in [-0.25, -0.2) is 9.97 Å². The monoisotopic (exact) mass is 203 g/mol. The first-order chi connectivity index (χ1) is 7.28. The summed E-state index contributed by atoms with van der Waals surface area (Å²) in [6, 6.07) is 3.91. The third kappa shape index (κ3) is 2.38. The molecule has 5 heteroatoms. The van der Waals surface area contributed by atoms with E-state index in [2.05, 4.69) is 20.2 Å². The Bertz CT molecular complexity index is 449. The zero-order valence-electron chi connectivity index (χ0n) is 8.57. The van der Waals surface area contributed by atoms with E-state index in [9.17, 15) is 0 Å². The summed E-state index contributed by atoms with van der Waals surface area (Å²) in [6.07, 6.45) is 2.25. The first-order valence-corrected chi connectivity index (χ1v) is 4.78. The summed E-state index contributed by atoms with van der Waals surface area (Å²) in [6.45, 7) is 2.41. The van der Waals surface area contributed by atoms with E-state index in [1.807, 2.05) is 19.1 Å². The highest BCUT2D eigenvalue weighted by Crippen LogP contribution is 2.06. The Balaban J connectivity index is 2.16. The summed E-state index contributed by atoms with van der Waals surface area (Å²) in [7, 11) is 0. The molecule has 0 aliphatic rings. The van der Waals surface area contributed by atoms with Crippen LogP contribution in [0.2, 0.25) is 0 Å². The van der Waals surface area contributed by atoms with Gasteiger partial charge >= 0.3 is 0 Å². The Kier molecular flexibility index (Phi) is 2.73. The Morgan fingerprint density at radius 3 is 2.67 bits per heavy atom. The van der Waals surface area contributed by atoms with Crippen LogP contribution in [0.15, 0.2) is 18.5 Å². The maximum absolute atomic E-state index is 5.50. The Labute approximate surface area is 87.8 Å². The van der Waals surface area contributed by atoms with Crippen molar-refractivity contribution in [2.24, 2.45) is 5.73 Å². The number of rotatable bonds is 3. The van der Waals surface area contributed by atoms with Crippen LogP contribution in [-0.4, -0.2) is 20.2 Å². The molecule has 15 heavy (non-hydrogen) atoms. The fraction of sp³-hybridized carbons (Fsp3) is 0.300. The predicted molar refractivity (Wildman–Crippen MR) is 56.1 cm³/mol. The Hall–Kier alpha value is -1.75. The fourth-order valence-corrected chi connectivity index (χ4v) is 1.40. The predicted octanol–water partition coefficient (Wildman–Crippen LogP) is 0.558. The molecule has 2 heterocycles. The minimum atomic E-state index is 0.440. The first-order valence-electron chi connectivity index (χ1n) is 4.78. The van der Waals surface area contributed by atoms with Gasteiger partial charge in [0.25, 0.3) is 0 Å². The Morgan fingerprint density at radius 2 is 2.00 bits per heavy atom. The normalized spacial score (nSPS) is 10.5. The number of hydrogen-bond donors (Lipinski definition) is 2. The topological polar surface area (TPSA) is 80.5 Å². The van der Waals surface area contributed by atoms with Crippen molar-refractivity contribution in [2.45, 2.75) is 19.9 Å². The van der Waals surface area contributed by atoms with Gasteiger partial charge in [-0.15, -0.1) is 0 Å². The number of hydrogen-bond acceptors (Lipinski definition) is 4. The molecule has 0 unspecified atom stereocenters. The lowest BCUT2D eigenvalue weighted by atomic mass is 10.2. The molecule has 0 saturated heterocycles. The molecule has 0 saturated carbocycles. The number of aromatic amines is 1. The molecule has 0 aliphatic heterocycles. The second kappa shape index (κ2) is 4.18. The third-order valence-corrected chi connectivity index (χ3v) is 2.11. The van der Waals surface area contributed by atoms with E-state index in [-0.39, 0.29) is 0 Å². The standard InChI is InChI=1S/C10H13N5/c1-7-2-9(15-14-7)3-8-4-10(5-11)13-6-12-8/h2,4,6H,3,5,11H2,1H3,(H,14,15). The summed E-state index contributed by atoms with van der Waals surface area (Å²) in [5.41, 5.74) is 9.33. The molecule has 2 rings (SSSR count). The minimum absolute atomic E-state index is 0.440. The molecule has 0 fully saturated rings. The van der Waals surface area contributed by atoms with Gasteiger partial charge in [-0.3, -0.25) is 5.10 Å². The van der Waals surface area contributed by atoms with E-state index in [0.29, 0.717) is 13.0 Å². The van der Waals surface area contributed by atoms with Gasteiger partial charge in [0.1, 0.15) is 6.33 Å². The average Bonchev–Trinajstić information content (AvgIpc) is 2.64. The molecule has 0 aromatic carbocycles. The second-order valence-electron chi connectivity index (χ2n) is 3.42. The summed E-state index contributed by atoms with van der Waals surface area (Å²) >= 11 is 0. The van der Waals surface area contributed by atoms with Crippen molar-refractivity contribution in [1.29, 1.82) is 0 Å². The van der Waals surface area contributed by atoms with Crippen molar-refractivity contribution in [3.05, 3.63) is 41.2 Å². The zero-order valence-corrected chi connectivity index (χ0v) is 8.57. The summed E-state index contributed by atoms with van der Waals surface area (Å²) in [4.78, 5) is 8.21. The van der Waals surface area contributed by atoms with Crippen LogP contribution in [0, 0.1) is 6.92 Å². The van der Waals surface area contributed by atoms with Gasteiger partial charge in [-0.1, -0.05) is 0 Å². The SMILES string of the molecule is Cc1cc(Cc2cc(CN)ncn2)n[nH]1. The number of aromatic nitrogens is 4. The van der Waals surface area contributed by atoms with E-state index in [4.69, 9.17) is 5.73 Å². The molecular weight excluding hydrogens is 190 g/mol. The van der Waals surface area contributed by atoms with Gasteiger partial charge in [-0.2, -0.15) is 5.10 Å². The summed E-state index contributed by atoms with van der Waals surface area (Å²) in [5.74, 6) is 0. The van der Waals surface area contributed by atoms with E-state index in [1.165, 1.54) is 6.33 Å². The van der Waals surface area contributed by atoms with Gasteiger partial charge in [-0.05, 0) is 19.1 Å². The second-order valence-corrected chi connectivity index (χ2v) is 3.42. The number of H-pyrrole nitrogens is 1. The fourth-order valence-electron chi connectivity index (χ4n) is 1.40.